The molecule has 2 N–H and O–H groups in total. The van der Waals surface area contributed by atoms with Crippen LogP contribution in [0.15, 0.2) is 60.0 Å². The molecule has 168 valence electrons. The number of hydrogen-bond donors (Lipinski definition) is 2. The number of nitrogens with one attached hydrogen (secondary N) is 1. The van der Waals surface area contributed by atoms with Gasteiger partial charge in [0.2, 0.25) is 0 Å². The topological polar surface area (TPSA) is 75.6 Å². The van der Waals surface area contributed by atoms with Gasteiger partial charge in [-0.15, -0.1) is 11.3 Å². The summed E-state index contributed by atoms with van der Waals surface area (Å²) < 4.78 is 5.77. The molecule has 5 nitrogen and oxygen atoms in total. The molecule has 0 saturated heterocycles. The van der Waals surface area contributed by atoms with E-state index in [0.29, 0.717) is 17.7 Å². The van der Waals surface area contributed by atoms with Gasteiger partial charge in [0.15, 0.2) is 0 Å². The molecule has 2 unspecified atom stereocenters. The van der Waals surface area contributed by atoms with Crippen LogP contribution < -0.4 is 24.2 Å². The number of methoxy groups -OCH3 is 1. The first kappa shape index (κ1) is 27.2. The third kappa shape index (κ3) is 6.75. The van der Waals surface area contributed by atoms with Crippen LogP contribution in [0.1, 0.15) is 38.9 Å². The fourth-order valence-electron chi connectivity index (χ4n) is 3.61. The first-order valence-electron chi connectivity index (χ1n) is 10.2. The van der Waals surface area contributed by atoms with E-state index in [0.717, 1.165) is 27.1 Å². The molecule has 0 bridgehead atoms. The van der Waals surface area contributed by atoms with E-state index >= 15 is 0 Å². The van der Waals surface area contributed by atoms with E-state index in [1.807, 2.05) is 67.1 Å². The maximum Gasteiger partial charge on any atom is 1.00 e. The molecular formula is C25H27LiNO4S2+. The molecule has 1 heterocycles. The van der Waals surface area contributed by atoms with Gasteiger partial charge < -0.3 is 15.2 Å². The van der Waals surface area contributed by atoms with Crippen molar-refractivity contribution >= 4 is 35.0 Å². The quantitative estimate of drug-likeness (QED) is 0.440. The summed E-state index contributed by atoms with van der Waals surface area (Å²) in [4.78, 5) is 25.9. The van der Waals surface area contributed by atoms with Crippen LogP contribution in [-0.4, -0.2) is 42.1 Å². The first-order chi connectivity index (χ1) is 15.5. The Balaban J connectivity index is 0.00000385. The number of carboxylic acid groups (broad SMARTS) is 1. The zero-order valence-corrected chi connectivity index (χ0v) is 21.0. The molecule has 0 saturated carbocycles. The SMILES string of the molecule is COC(c1ccc(C(=O)NC(CCSC)C(=O)O)c(-c2ccccc2C)c1)c1cccs1.[Li+]. The van der Waals surface area contributed by atoms with Crippen LogP contribution in [0.4, 0.5) is 0 Å². The number of benzene rings is 2. The number of carboxylic acids is 1. The van der Waals surface area contributed by atoms with Gasteiger partial charge >= 0.3 is 24.8 Å². The van der Waals surface area contributed by atoms with E-state index in [4.69, 9.17) is 4.74 Å². The molecule has 2 atom stereocenters. The number of hydrogen-bond acceptors (Lipinski definition) is 5. The van der Waals surface area contributed by atoms with E-state index in [1.165, 1.54) is 0 Å². The summed E-state index contributed by atoms with van der Waals surface area (Å²) in [6, 6.07) is 16.5. The molecule has 0 aliphatic carbocycles. The summed E-state index contributed by atoms with van der Waals surface area (Å²) in [7, 11) is 1.67. The van der Waals surface area contributed by atoms with Crippen LogP contribution in [0.25, 0.3) is 11.1 Å². The summed E-state index contributed by atoms with van der Waals surface area (Å²) >= 11 is 3.16. The molecule has 3 rings (SSSR count). The van der Waals surface area contributed by atoms with Gasteiger partial charge in [-0.1, -0.05) is 36.4 Å². The zero-order valence-electron chi connectivity index (χ0n) is 19.3. The van der Waals surface area contributed by atoms with E-state index in [-0.39, 0.29) is 25.0 Å². The minimum absolute atomic E-state index is 0. The number of thioether (sulfide) groups is 1. The number of carbonyl (C=O) groups is 2. The van der Waals surface area contributed by atoms with Gasteiger partial charge in [-0.05, 0) is 71.2 Å². The molecule has 8 heteroatoms. The van der Waals surface area contributed by atoms with Crippen molar-refractivity contribution in [2.75, 3.05) is 19.1 Å². The standard InChI is InChI=1S/C25H27NO4S2.Li/c1-16-7-4-5-8-18(16)20-15-17(23(30-2)22-9-6-13-32-22)10-11-19(20)24(27)26-21(25(28)29)12-14-31-3;/h4-11,13,15,21,23H,12,14H2,1-3H3,(H,26,27)(H,28,29);/q;+1. The normalized spacial score (nSPS) is 12.5. The van der Waals surface area contributed by atoms with Crippen LogP contribution in [0.2, 0.25) is 0 Å². The molecule has 0 spiro atoms. The molecule has 0 radical (unpaired) electrons. The third-order valence-corrected chi connectivity index (χ3v) is 6.84. The average Bonchev–Trinajstić information content (AvgIpc) is 3.31. The van der Waals surface area contributed by atoms with Crippen molar-refractivity contribution in [2.45, 2.75) is 25.5 Å². The van der Waals surface area contributed by atoms with Gasteiger partial charge in [-0.2, -0.15) is 11.8 Å². The second-order valence-electron chi connectivity index (χ2n) is 7.40. The minimum Gasteiger partial charge on any atom is -0.480 e. The fraction of sp³-hybridized carbons (Fsp3) is 0.280. The van der Waals surface area contributed by atoms with Gasteiger partial charge in [0.25, 0.3) is 5.91 Å². The number of aliphatic carboxylic acids is 1. The summed E-state index contributed by atoms with van der Waals surface area (Å²) in [5, 5.41) is 14.3. The second kappa shape index (κ2) is 13.0. The van der Waals surface area contributed by atoms with Crippen molar-refractivity contribution in [3.8, 4) is 11.1 Å². The van der Waals surface area contributed by atoms with E-state index in [1.54, 1.807) is 36.3 Å². The van der Waals surface area contributed by atoms with E-state index in [2.05, 4.69) is 5.32 Å². The Morgan fingerprint density at radius 2 is 1.88 bits per heavy atom. The third-order valence-electron chi connectivity index (χ3n) is 5.28. The van der Waals surface area contributed by atoms with Gasteiger partial charge in [-0.3, -0.25) is 4.79 Å². The molecule has 33 heavy (non-hydrogen) atoms. The van der Waals surface area contributed by atoms with Crippen molar-refractivity contribution in [1.29, 1.82) is 0 Å². The van der Waals surface area contributed by atoms with Gasteiger partial charge in [0.1, 0.15) is 12.1 Å². The van der Waals surface area contributed by atoms with Crippen LogP contribution in [0.3, 0.4) is 0 Å². The van der Waals surface area contributed by atoms with Crippen molar-refractivity contribution in [2.24, 2.45) is 0 Å². The Labute approximate surface area is 215 Å². The Kier molecular flexibility index (Phi) is 10.7. The molecular weight excluding hydrogens is 449 g/mol. The largest absolute Gasteiger partial charge is 1.00 e. The number of ether oxygens (including phenoxy) is 1. The maximum absolute atomic E-state index is 13.2. The summed E-state index contributed by atoms with van der Waals surface area (Å²) in [6.07, 6.45) is 2.03. The van der Waals surface area contributed by atoms with Gasteiger partial charge in [0.05, 0.1) is 0 Å². The average molecular weight is 477 g/mol. The summed E-state index contributed by atoms with van der Waals surface area (Å²) in [5.41, 5.74) is 4.09. The molecule has 2 aromatic carbocycles. The Hall–Kier alpha value is -2.01. The Bertz CT molecular complexity index is 1070. The zero-order chi connectivity index (χ0) is 23.1. The van der Waals surface area contributed by atoms with Crippen molar-refractivity contribution in [3.63, 3.8) is 0 Å². The molecule has 1 aromatic heterocycles. The van der Waals surface area contributed by atoms with Crippen LogP contribution in [0, 0.1) is 6.92 Å². The molecule has 0 fully saturated rings. The first-order valence-corrected chi connectivity index (χ1v) is 12.5. The van der Waals surface area contributed by atoms with Crippen LogP contribution in [0.5, 0.6) is 0 Å². The molecule has 0 aliphatic heterocycles. The summed E-state index contributed by atoms with van der Waals surface area (Å²) in [6.45, 7) is 2.00. The van der Waals surface area contributed by atoms with Crippen molar-refractivity contribution in [1.82, 2.24) is 5.32 Å². The Morgan fingerprint density at radius 3 is 2.48 bits per heavy atom. The number of carbonyl (C=O) groups excluding carboxylic acids is 1. The molecule has 0 aliphatic rings. The predicted octanol–water partition coefficient (Wildman–Crippen LogP) is 2.40. The van der Waals surface area contributed by atoms with E-state index < -0.39 is 17.9 Å². The number of amides is 1. The summed E-state index contributed by atoms with van der Waals surface area (Å²) in [5.74, 6) is -0.774. The minimum atomic E-state index is -1.03. The number of thiophene rings is 1. The van der Waals surface area contributed by atoms with Crippen LogP contribution in [-0.2, 0) is 9.53 Å². The fourth-order valence-corrected chi connectivity index (χ4v) is 4.91. The monoisotopic (exact) mass is 476 g/mol. The number of aryl methyl sites for hydroxylation is 1. The van der Waals surface area contributed by atoms with E-state index in [9.17, 15) is 14.7 Å². The number of rotatable bonds is 10. The van der Waals surface area contributed by atoms with Gasteiger partial charge in [-0.25, -0.2) is 4.79 Å². The van der Waals surface area contributed by atoms with Crippen LogP contribution >= 0.6 is 23.1 Å². The Morgan fingerprint density at radius 1 is 1.12 bits per heavy atom. The molecule has 3 aromatic rings. The van der Waals surface area contributed by atoms with Crippen molar-refractivity contribution < 1.29 is 38.3 Å². The van der Waals surface area contributed by atoms with Gasteiger partial charge in [0, 0.05) is 17.6 Å². The maximum atomic E-state index is 13.2. The smallest absolute Gasteiger partial charge is 0.480 e. The second-order valence-corrected chi connectivity index (χ2v) is 9.36. The molecule has 1 amide bonds. The predicted molar refractivity (Wildman–Crippen MR) is 132 cm³/mol. The van der Waals surface area contributed by atoms with Crippen molar-refractivity contribution in [3.05, 3.63) is 81.5 Å².